The zero-order valence-corrected chi connectivity index (χ0v) is 18.3. The van der Waals surface area contributed by atoms with Crippen molar-refractivity contribution in [3.8, 4) is 0 Å². The second kappa shape index (κ2) is 10.8. The predicted octanol–water partition coefficient (Wildman–Crippen LogP) is 4.62. The number of nitrogens with one attached hydrogen (secondary N) is 1. The van der Waals surface area contributed by atoms with E-state index in [4.69, 9.17) is 4.99 Å². The smallest absolute Gasteiger partial charge is 0.251 e. The Bertz CT molecular complexity index is 994. The lowest BCUT2D eigenvalue weighted by atomic mass is 10.0. The van der Waals surface area contributed by atoms with Crippen molar-refractivity contribution < 1.29 is 4.79 Å². The van der Waals surface area contributed by atoms with Gasteiger partial charge in [0.15, 0.2) is 0 Å². The monoisotopic (exact) mass is 441 g/mol. The summed E-state index contributed by atoms with van der Waals surface area (Å²) in [5.74, 6) is -0.0567. The number of para-hydroxylation sites is 1. The second-order valence-electron chi connectivity index (χ2n) is 6.91. The summed E-state index contributed by atoms with van der Waals surface area (Å²) in [6, 6.07) is 28.0. The van der Waals surface area contributed by atoms with Gasteiger partial charge in [-0.05, 0) is 18.2 Å². The van der Waals surface area contributed by atoms with Gasteiger partial charge in [-0.15, -0.1) is 24.8 Å². The van der Waals surface area contributed by atoms with Gasteiger partial charge >= 0.3 is 0 Å². The van der Waals surface area contributed by atoms with Crippen molar-refractivity contribution in [1.82, 2.24) is 5.32 Å². The molecule has 0 radical (unpaired) electrons. The zero-order valence-electron chi connectivity index (χ0n) is 16.7. The molecule has 3 aromatic carbocycles. The van der Waals surface area contributed by atoms with Crippen LogP contribution >= 0.6 is 24.8 Å². The molecule has 0 saturated heterocycles. The highest BCUT2D eigenvalue weighted by Crippen LogP contribution is 2.27. The Labute approximate surface area is 189 Å². The lowest BCUT2D eigenvalue weighted by molar-refractivity contribution is 0.0951. The third kappa shape index (κ3) is 5.02. The lowest BCUT2D eigenvalue weighted by Gasteiger charge is -2.28. The van der Waals surface area contributed by atoms with Crippen LogP contribution in [-0.2, 0) is 0 Å². The molecule has 0 fully saturated rings. The minimum absolute atomic E-state index is 0. The maximum Gasteiger partial charge on any atom is 0.251 e. The molecule has 0 saturated carbocycles. The molecule has 6 heteroatoms. The molecule has 30 heavy (non-hydrogen) atoms. The first kappa shape index (κ1) is 23.5. The van der Waals surface area contributed by atoms with Crippen molar-refractivity contribution in [2.45, 2.75) is 6.04 Å². The minimum atomic E-state index is -0.0567. The maximum absolute atomic E-state index is 12.4. The van der Waals surface area contributed by atoms with Crippen LogP contribution in [0.4, 0.5) is 5.69 Å². The Balaban J connectivity index is 0.00000160. The van der Waals surface area contributed by atoms with Crippen molar-refractivity contribution in [3.05, 3.63) is 102 Å². The van der Waals surface area contributed by atoms with E-state index in [0.29, 0.717) is 18.7 Å². The van der Waals surface area contributed by atoms with Crippen LogP contribution < -0.4 is 10.2 Å². The van der Waals surface area contributed by atoms with Crippen LogP contribution in [0.25, 0.3) is 0 Å². The van der Waals surface area contributed by atoms with E-state index in [0.717, 1.165) is 22.5 Å². The van der Waals surface area contributed by atoms with E-state index < -0.39 is 0 Å². The van der Waals surface area contributed by atoms with Crippen molar-refractivity contribution in [2.24, 2.45) is 4.99 Å². The summed E-state index contributed by atoms with van der Waals surface area (Å²) < 4.78 is 0. The summed E-state index contributed by atoms with van der Waals surface area (Å²) in [6.07, 6.45) is 0. The molecule has 0 bridgehead atoms. The molecular weight excluding hydrogens is 417 g/mol. The first-order valence-corrected chi connectivity index (χ1v) is 9.49. The summed E-state index contributed by atoms with van der Waals surface area (Å²) in [7, 11) is 2.07. The topological polar surface area (TPSA) is 44.7 Å². The van der Waals surface area contributed by atoms with E-state index in [1.807, 2.05) is 60.7 Å². The number of hydrogen-bond donors (Lipinski definition) is 1. The molecule has 1 heterocycles. The van der Waals surface area contributed by atoms with Gasteiger partial charge in [-0.1, -0.05) is 66.7 Å². The van der Waals surface area contributed by atoms with E-state index >= 15 is 0 Å². The molecular formula is C24H25Cl2N3O. The van der Waals surface area contributed by atoms with E-state index in [1.165, 1.54) is 0 Å². The van der Waals surface area contributed by atoms with Crippen molar-refractivity contribution in [1.29, 1.82) is 0 Å². The van der Waals surface area contributed by atoms with Gasteiger partial charge in [-0.25, -0.2) is 0 Å². The fourth-order valence-electron chi connectivity index (χ4n) is 3.53. The van der Waals surface area contributed by atoms with Crippen LogP contribution in [0.2, 0.25) is 0 Å². The third-order valence-corrected chi connectivity index (χ3v) is 5.13. The molecule has 0 aromatic heterocycles. The molecule has 1 unspecified atom stereocenters. The fourth-order valence-corrected chi connectivity index (χ4v) is 3.53. The standard InChI is InChI=1S/C24H23N3O.2ClH/c1-27-20(17-26-24(28)19-12-6-3-7-13-19)16-25-23(18-10-4-2-5-11-18)21-14-8-9-15-22(21)27;;/h2-15,20H,16-17H2,1H3,(H,26,28);2*1H. The summed E-state index contributed by atoms with van der Waals surface area (Å²) in [5, 5.41) is 3.06. The number of benzodiazepines with no additional fused rings is 1. The average molecular weight is 442 g/mol. The summed E-state index contributed by atoms with van der Waals surface area (Å²) in [4.78, 5) is 19.6. The summed E-state index contributed by atoms with van der Waals surface area (Å²) >= 11 is 0. The fraction of sp³-hybridized carbons (Fsp3) is 0.167. The Morgan fingerprint density at radius 1 is 0.933 bits per heavy atom. The molecule has 1 N–H and O–H groups in total. The van der Waals surface area contributed by atoms with Gasteiger partial charge in [-0.3, -0.25) is 9.79 Å². The number of carbonyl (C=O) groups is 1. The highest BCUT2D eigenvalue weighted by molar-refractivity contribution is 6.16. The molecule has 4 nitrogen and oxygen atoms in total. The molecule has 3 aromatic rings. The molecule has 4 rings (SSSR count). The van der Waals surface area contributed by atoms with Crippen LogP contribution in [0.1, 0.15) is 21.5 Å². The zero-order chi connectivity index (χ0) is 19.3. The number of hydrogen-bond acceptors (Lipinski definition) is 3. The van der Waals surface area contributed by atoms with Crippen LogP contribution in [-0.4, -0.2) is 37.8 Å². The number of fused-ring (bicyclic) bond motifs is 1. The number of nitrogens with zero attached hydrogens (tertiary/aromatic N) is 2. The first-order valence-electron chi connectivity index (χ1n) is 9.49. The Morgan fingerprint density at radius 2 is 1.53 bits per heavy atom. The van der Waals surface area contributed by atoms with Crippen LogP contribution in [0.15, 0.2) is 89.9 Å². The van der Waals surface area contributed by atoms with Gasteiger partial charge in [0.05, 0.1) is 18.3 Å². The lowest BCUT2D eigenvalue weighted by Crippen LogP contribution is -2.43. The second-order valence-corrected chi connectivity index (χ2v) is 6.91. The molecule has 1 aliphatic rings. The minimum Gasteiger partial charge on any atom is -0.367 e. The van der Waals surface area contributed by atoms with Gasteiger partial charge in [0.2, 0.25) is 0 Å². The number of aliphatic imine (C=N–C) groups is 1. The normalized spacial score (nSPS) is 14.9. The van der Waals surface area contributed by atoms with E-state index in [1.54, 1.807) is 0 Å². The average Bonchev–Trinajstić information content (AvgIpc) is 2.90. The molecule has 1 atom stereocenters. The SMILES string of the molecule is CN1c2ccccc2C(c2ccccc2)=NCC1CNC(=O)c1ccccc1.Cl.Cl. The van der Waals surface area contributed by atoms with Crippen LogP contribution in [0, 0.1) is 0 Å². The predicted molar refractivity (Wildman–Crippen MR) is 129 cm³/mol. The van der Waals surface area contributed by atoms with Crippen molar-refractivity contribution in [3.63, 3.8) is 0 Å². The van der Waals surface area contributed by atoms with Gasteiger partial charge in [0.1, 0.15) is 0 Å². The summed E-state index contributed by atoms with van der Waals surface area (Å²) in [6.45, 7) is 1.15. The number of likely N-dealkylation sites (N-methyl/N-ethyl adjacent to an activating group) is 1. The van der Waals surface area contributed by atoms with Gasteiger partial charge in [0, 0.05) is 36.0 Å². The number of anilines is 1. The Kier molecular flexibility index (Phi) is 8.46. The van der Waals surface area contributed by atoms with Crippen LogP contribution in [0.5, 0.6) is 0 Å². The number of amides is 1. The molecule has 156 valence electrons. The molecule has 0 aliphatic carbocycles. The highest BCUT2D eigenvalue weighted by Gasteiger charge is 2.24. The number of carbonyl (C=O) groups excluding carboxylic acids is 1. The van der Waals surface area contributed by atoms with E-state index in [9.17, 15) is 4.79 Å². The Hall–Kier alpha value is -2.82. The van der Waals surface area contributed by atoms with E-state index in [2.05, 4.69) is 41.5 Å². The number of rotatable bonds is 4. The molecule has 0 spiro atoms. The molecule has 1 aliphatic heterocycles. The van der Waals surface area contributed by atoms with Crippen molar-refractivity contribution >= 4 is 42.1 Å². The molecule has 1 amide bonds. The Morgan fingerprint density at radius 3 is 2.23 bits per heavy atom. The number of halogens is 2. The van der Waals surface area contributed by atoms with E-state index in [-0.39, 0.29) is 36.8 Å². The van der Waals surface area contributed by atoms with Crippen molar-refractivity contribution in [2.75, 3.05) is 25.0 Å². The quantitative estimate of drug-likeness (QED) is 0.641. The third-order valence-electron chi connectivity index (χ3n) is 5.13. The highest BCUT2D eigenvalue weighted by atomic mass is 35.5. The van der Waals surface area contributed by atoms with Gasteiger partial charge in [0.25, 0.3) is 5.91 Å². The van der Waals surface area contributed by atoms with Gasteiger partial charge < -0.3 is 10.2 Å². The summed E-state index contributed by atoms with van der Waals surface area (Å²) in [5.41, 5.74) is 5.03. The van der Waals surface area contributed by atoms with Gasteiger partial charge in [-0.2, -0.15) is 0 Å². The largest absolute Gasteiger partial charge is 0.367 e. The van der Waals surface area contributed by atoms with Crippen LogP contribution in [0.3, 0.4) is 0 Å². The first-order chi connectivity index (χ1) is 13.7. The number of benzene rings is 3. The maximum atomic E-state index is 12.4.